The maximum atomic E-state index is 12.9. The van der Waals surface area contributed by atoms with E-state index in [1.807, 2.05) is 32.0 Å². The lowest BCUT2D eigenvalue weighted by Gasteiger charge is -2.17. The zero-order chi connectivity index (χ0) is 18.0. The number of aryl methyl sites for hydroxylation is 1. The molecule has 1 fully saturated rings. The highest BCUT2D eigenvalue weighted by molar-refractivity contribution is 6.13. The molecule has 4 nitrogen and oxygen atoms in total. The van der Waals surface area contributed by atoms with Crippen molar-refractivity contribution >= 4 is 17.5 Å². The first-order chi connectivity index (χ1) is 11.9. The van der Waals surface area contributed by atoms with E-state index < -0.39 is 5.41 Å². The Hall–Kier alpha value is -2.69. The smallest absolute Gasteiger partial charge is 0.240 e. The first-order valence-corrected chi connectivity index (χ1v) is 8.33. The molecular formula is C20H21FN2O2. The van der Waals surface area contributed by atoms with E-state index in [4.69, 9.17) is 0 Å². The molecule has 0 saturated heterocycles. The Morgan fingerprint density at radius 2 is 1.72 bits per heavy atom. The fraction of sp³-hybridized carbons (Fsp3) is 0.300. The normalized spacial score (nSPS) is 14.7. The Labute approximate surface area is 146 Å². The van der Waals surface area contributed by atoms with Crippen LogP contribution >= 0.6 is 0 Å². The zero-order valence-electron chi connectivity index (χ0n) is 14.4. The summed E-state index contributed by atoms with van der Waals surface area (Å²) >= 11 is 0. The molecule has 2 aromatic carbocycles. The van der Waals surface area contributed by atoms with Crippen LogP contribution in [0.5, 0.6) is 0 Å². The van der Waals surface area contributed by atoms with Gasteiger partial charge in [0.1, 0.15) is 11.2 Å². The lowest BCUT2D eigenvalue weighted by atomic mass is 10.0. The summed E-state index contributed by atoms with van der Waals surface area (Å²) in [4.78, 5) is 25.1. The summed E-state index contributed by atoms with van der Waals surface area (Å²) in [6.07, 6.45) is 1.08. The van der Waals surface area contributed by atoms with Gasteiger partial charge in [0.15, 0.2) is 0 Å². The van der Waals surface area contributed by atoms with Crippen LogP contribution in [0.15, 0.2) is 42.5 Å². The first kappa shape index (κ1) is 17.1. The maximum Gasteiger partial charge on any atom is 0.240 e. The highest BCUT2D eigenvalue weighted by atomic mass is 19.1. The Morgan fingerprint density at radius 1 is 1.04 bits per heavy atom. The van der Waals surface area contributed by atoms with E-state index in [0.717, 1.165) is 22.4 Å². The third-order valence-corrected chi connectivity index (χ3v) is 4.84. The van der Waals surface area contributed by atoms with Gasteiger partial charge < -0.3 is 10.6 Å². The van der Waals surface area contributed by atoms with Gasteiger partial charge in [-0.15, -0.1) is 0 Å². The maximum absolute atomic E-state index is 12.9. The first-order valence-electron chi connectivity index (χ1n) is 8.33. The van der Waals surface area contributed by atoms with E-state index in [9.17, 15) is 14.0 Å². The summed E-state index contributed by atoms with van der Waals surface area (Å²) in [5.41, 5.74) is 2.63. The second-order valence-electron chi connectivity index (χ2n) is 6.59. The molecule has 0 radical (unpaired) electrons. The molecule has 1 aliphatic rings. The van der Waals surface area contributed by atoms with E-state index in [1.54, 1.807) is 12.1 Å². The Morgan fingerprint density at radius 3 is 2.36 bits per heavy atom. The van der Waals surface area contributed by atoms with Gasteiger partial charge in [-0.05, 0) is 61.6 Å². The summed E-state index contributed by atoms with van der Waals surface area (Å²) in [5, 5.41) is 5.68. The average Bonchev–Trinajstić information content (AvgIpc) is 3.40. The summed E-state index contributed by atoms with van der Waals surface area (Å²) in [7, 11) is 0. The van der Waals surface area contributed by atoms with Gasteiger partial charge in [0.25, 0.3) is 0 Å². The molecule has 0 spiro atoms. The highest BCUT2D eigenvalue weighted by Crippen LogP contribution is 2.47. The molecule has 0 aliphatic heterocycles. The van der Waals surface area contributed by atoms with Crippen molar-refractivity contribution in [1.82, 2.24) is 5.32 Å². The largest absolute Gasteiger partial charge is 0.351 e. The third kappa shape index (κ3) is 3.55. The van der Waals surface area contributed by atoms with Crippen LogP contribution in [0.25, 0.3) is 0 Å². The van der Waals surface area contributed by atoms with Gasteiger partial charge in [0.05, 0.1) is 0 Å². The number of benzene rings is 2. The lowest BCUT2D eigenvalue weighted by Crippen LogP contribution is -2.39. The highest BCUT2D eigenvalue weighted by Gasteiger charge is 2.56. The van der Waals surface area contributed by atoms with Crippen LogP contribution in [0.2, 0.25) is 0 Å². The van der Waals surface area contributed by atoms with Crippen molar-refractivity contribution in [2.45, 2.75) is 33.2 Å². The number of hydrogen-bond acceptors (Lipinski definition) is 2. The third-order valence-electron chi connectivity index (χ3n) is 4.84. The quantitative estimate of drug-likeness (QED) is 0.819. The topological polar surface area (TPSA) is 58.2 Å². The van der Waals surface area contributed by atoms with Crippen molar-refractivity contribution in [2.24, 2.45) is 5.41 Å². The van der Waals surface area contributed by atoms with Crippen molar-refractivity contribution in [3.8, 4) is 0 Å². The van der Waals surface area contributed by atoms with Crippen molar-refractivity contribution in [3.05, 3.63) is 65.0 Å². The Bertz CT molecular complexity index is 811. The number of nitrogens with one attached hydrogen (secondary N) is 2. The van der Waals surface area contributed by atoms with Crippen LogP contribution in [-0.2, 0) is 16.1 Å². The van der Waals surface area contributed by atoms with Gasteiger partial charge in [0.2, 0.25) is 11.8 Å². The van der Waals surface area contributed by atoms with Gasteiger partial charge in [-0.3, -0.25) is 9.59 Å². The molecule has 0 atom stereocenters. The summed E-state index contributed by atoms with van der Waals surface area (Å²) < 4.78 is 12.9. The number of hydrogen-bond donors (Lipinski definition) is 2. The molecule has 3 rings (SSSR count). The van der Waals surface area contributed by atoms with E-state index in [1.165, 1.54) is 12.1 Å². The minimum atomic E-state index is -0.990. The van der Waals surface area contributed by atoms with Crippen molar-refractivity contribution in [1.29, 1.82) is 0 Å². The molecule has 0 heterocycles. The van der Waals surface area contributed by atoms with Gasteiger partial charge in [0, 0.05) is 12.2 Å². The molecule has 1 aliphatic carbocycles. The molecule has 2 N–H and O–H groups in total. The van der Waals surface area contributed by atoms with Crippen LogP contribution in [0.4, 0.5) is 10.1 Å². The minimum absolute atomic E-state index is 0.266. The Kier molecular flexibility index (Phi) is 4.57. The monoisotopic (exact) mass is 340 g/mol. The van der Waals surface area contributed by atoms with Crippen molar-refractivity contribution < 1.29 is 14.0 Å². The summed E-state index contributed by atoms with van der Waals surface area (Å²) in [6.45, 7) is 4.20. The molecule has 2 aromatic rings. The Balaban J connectivity index is 1.64. The van der Waals surface area contributed by atoms with Gasteiger partial charge in [-0.25, -0.2) is 4.39 Å². The predicted molar refractivity (Wildman–Crippen MR) is 94.5 cm³/mol. The molecular weight excluding hydrogens is 319 g/mol. The van der Waals surface area contributed by atoms with Crippen LogP contribution in [0, 0.1) is 25.1 Å². The van der Waals surface area contributed by atoms with Gasteiger partial charge in [-0.1, -0.05) is 24.3 Å². The standard InChI is InChI=1S/C20H21FN2O2/c1-13-4-3-5-17(14(13)2)23-19(25)20(10-11-20)18(24)22-12-15-6-8-16(21)9-7-15/h3-9H,10-12H2,1-2H3,(H,22,24)(H,23,25). The van der Waals surface area contributed by atoms with E-state index in [-0.39, 0.29) is 24.2 Å². The number of halogens is 1. The number of carbonyl (C=O) groups excluding carboxylic acids is 2. The molecule has 2 amide bonds. The van der Waals surface area contributed by atoms with Gasteiger partial charge >= 0.3 is 0 Å². The van der Waals surface area contributed by atoms with Gasteiger partial charge in [-0.2, -0.15) is 0 Å². The second kappa shape index (κ2) is 6.67. The molecule has 5 heteroatoms. The average molecular weight is 340 g/mol. The molecule has 0 aromatic heterocycles. The van der Waals surface area contributed by atoms with Crippen LogP contribution in [0.3, 0.4) is 0 Å². The number of anilines is 1. The number of rotatable bonds is 5. The summed E-state index contributed by atoms with van der Waals surface area (Å²) in [6, 6.07) is 11.6. The summed E-state index contributed by atoms with van der Waals surface area (Å²) in [5.74, 6) is -0.862. The van der Waals surface area contributed by atoms with Crippen LogP contribution in [-0.4, -0.2) is 11.8 Å². The molecule has 130 valence electrons. The van der Waals surface area contributed by atoms with Crippen molar-refractivity contribution in [2.75, 3.05) is 5.32 Å². The van der Waals surface area contributed by atoms with E-state index >= 15 is 0 Å². The fourth-order valence-corrected chi connectivity index (χ4v) is 2.76. The lowest BCUT2D eigenvalue weighted by molar-refractivity contribution is -0.134. The molecule has 25 heavy (non-hydrogen) atoms. The second-order valence-corrected chi connectivity index (χ2v) is 6.59. The van der Waals surface area contributed by atoms with Crippen molar-refractivity contribution in [3.63, 3.8) is 0 Å². The van der Waals surface area contributed by atoms with Crippen LogP contribution < -0.4 is 10.6 Å². The van der Waals surface area contributed by atoms with E-state index in [2.05, 4.69) is 10.6 Å². The van der Waals surface area contributed by atoms with Crippen LogP contribution in [0.1, 0.15) is 29.5 Å². The SMILES string of the molecule is Cc1cccc(NC(=O)C2(C(=O)NCc3ccc(F)cc3)CC2)c1C. The molecule has 0 bridgehead atoms. The van der Waals surface area contributed by atoms with E-state index in [0.29, 0.717) is 12.8 Å². The minimum Gasteiger partial charge on any atom is -0.351 e. The predicted octanol–water partition coefficient (Wildman–Crippen LogP) is 3.48. The molecule has 1 saturated carbocycles. The zero-order valence-corrected chi connectivity index (χ0v) is 14.4. The number of amides is 2. The molecule has 0 unspecified atom stereocenters. The number of carbonyl (C=O) groups is 2. The fourth-order valence-electron chi connectivity index (χ4n) is 2.76.